The van der Waals surface area contributed by atoms with Crippen molar-refractivity contribution in [2.75, 3.05) is 0 Å². The number of hydrogen-bond donors (Lipinski definition) is 6. The number of guanidine groups is 1. The van der Waals surface area contributed by atoms with Gasteiger partial charge in [-0.3, -0.25) is 10.4 Å². The van der Waals surface area contributed by atoms with E-state index in [-0.39, 0.29) is 22.8 Å². The van der Waals surface area contributed by atoms with Crippen molar-refractivity contribution in [2.45, 2.75) is 0 Å². The van der Waals surface area contributed by atoms with Gasteiger partial charge in [-0.1, -0.05) is 0 Å². The summed E-state index contributed by atoms with van der Waals surface area (Å²) in [4.78, 5) is 0. The van der Waals surface area contributed by atoms with Crippen LogP contribution in [-0.2, 0) is 0 Å². The number of nitrogens with zero attached hydrogens (tertiary/aromatic N) is 3. The van der Waals surface area contributed by atoms with Gasteiger partial charge < -0.3 is 15.9 Å². The Balaban J connectivity index is 2.71. The highest BCUT2D eigenvalue weighted by Crippen LogP contribution is 2.20. The average Bonchev–Trinajstić information content (AvgIpc) is 2.20. The molecule has 0 aliphatic heterocycles. The normalized spacial score (nSPS) is 12.3. The molecule has 0 aromatic heterocycles. The molecule has 0 amide bonds. The summed E-state index contributed by atoms with van der Waals surface area (Å²) in [6, 6.07) is 3.91. The van der Waals surface area contributed by atoms with E-state index in [2.05, 4.69) is 10.2 Å². The molecule has 0 aliphatic rings. The summed E-state index contributed by atoms with van der Waals surface area (Å²) in [5, 5.41) is 41.4. The van der Waals surface area contributed by atoms with Crippen LogP contribution in [0.15, 0.2) is 28.4 Å². The number of nitrogens with two attached hydrogens (primary N) is 1. The molecular formula is C8H11N5O4. The number of rotatable bonds is 3. The molecule has 0 spiro atoms. The van der Waals surface area contributed by atoms with E-state index in [1.165, 1.54) is 18.3 Å². The standard InChI is InChI=1S/C8H11N5O4/c9-8(12-13(16)17)11-10-4-5-1-2-6(14)3-7(5)15/h1-4,14-17H,(H3,9,11,12). The van der Waals surface area contributed by atoms with Gasteiger partial charge in [-0.2, -0.15) is 5.10 Å². The van der Waals surface area contributed by atoms with E-state index in [4.69, 9.17) is 21.3 Å². The number of benzene rings is 1. The SMILES string of the molecule is NC(=NN=Cc1ccc(O)cc1O)NN(O)O. The highest BCUT2D eigenvalue weighted by atomic mass is 16.8. The van der Waals surface area contributed by atoms with E-state index in [0.717, 1.165) is 6.07 Å². The molecule has 0 unspecified atom stereocenters. The van der Waals surface area contributed by atoms with Gasteiger partial charge in [0.1, 0.15) is 11.5 Å². The van der Waals surface area contributed by atoms with Crippen LogP contribution < -0.4 is 11.2 Å². The Morgan fingerprint density at radius 3 is 2.65 bits per heavy atom. The highest BCUT2D eigenvalue weighted by molar-refractivity contribution is 5.84. The van der Waals surface area contributed by atoms with Crippen molar-refractivity contribution in [3.8, 4) is 11.5 Å². The van der Waals surface area contributed by atoms with Crippen LogP contribution in [-0.4, -0.2) is 38.1 Å². The number of nitrogens with one attached hydrogen (secondary N) is 1. The largest absolute Gasteiger partial charge is 0.508 e. The Labute approximate surface area is 95.6 Å². The molecule has 1 aromatic carbocycles. The van der Waals surface area contributed by atoms with Crippen LogP contribution in [0.2, 0.25) is 0 Å². The third-order valence-electron chi connectivity index (χ3n) is 1.59. The Kier molecular flexibility index (Phi) is 4.22. The van der Waals surface area contributed by atoms with Crippen LogP contribution in [0, 0.1) is 0 Å². The molecule has 9 nitrogen and oxygen atoms in total. The van der Waals surface area contributed by atoms with Crippen molar-refractivity contribution in [1.29, 1.82) is 0 Å². The lowest BCUT2D eigenvalue weighted by atomic mass is 10.2. The fraction of sp³-hybridized carbons (Fsp3) is 0. The first-order chi connectivity index (χ1) is 7.99. The fourth-order valence-electron chi connectivity index (χ4n) is 0.919. The third kappa shape index (κ3) is 4.34. The zero-order valence-corrected chi connectivity index (χ0v) is 8.52. The molecule has 1 aromatic rings. The van der Waals surface area contributed by atoms with E-state index in [1.807, 2.05) is 5.43 Å². The van der Waals surface area contributed by atoms with E-state index in [9.17, 15) is 5.11 Å². The predicted octanol–water partition coefficient (Wildman–Crippen LogP) is -0.669. The maximum absolute atomic E-state index is 9.37. The first kappa shape index (κ1) is 12.7. The van der Waals surface area contributed by atoms with E-state index in [0.29, 0.717) is 5.56 Å². The topological polar surface area (TPSA) is 147 Å². The molecule has 0 bridgehead atoms. The van der Waals surface area contributed by atoms with Crippen molar-refractivity contribution in [3.05, 3.63) is 23.8 Å². The molecule has 0 saturated heterocycles. The lowest BCUT2D eigenvalue weighted by Crippen LogP contribution is -2.41. The van der Waals surface area contributed by atoms with E-state index < -0.39 is 0 Å². The number of phenols is 2. The monoisotopic (exact) mass is 241 g/mol. The molecule has 0 aliphatic carbocycles. The van der Waals surface area contributed by atoms with Gasteiger partial charge in [0.15, 0.2) is 0 Å². The zero-order chi connectivity index (χ0) is 12.8. The lowest BCUT2D eigenvalue weighted by molar-refractivity contribution is -0.329. The van der Waals surface area contributed by atoms with Gasteiger partial charge in [0.25, 0.3) is 0 Å². The summed E-state index contributed by atoms with van der Waals surface area (Å²) in [5.74, 6) is -0.633. The molecule has 0 radical (unpaired) electrons. The highest BCUT2D eigenvalue weighted by Gasteiger charge is 1.99. The van der Waals surface area contributed by atoms with Crippen molar-refractivity contribution >= 4 is 12.2 Å². The minimum atomic E-state index is -0.383. The van der Waals surface area contributed by atoms with Crippen LogP contribution in [0.5, 0.6) is 11.5 Å². The van der Waals surface area contributed by atoms with Gasteiger partial charge in [-0.05, 0) is 12.1 Å². The second kappa shape index (κ2) is 5.65. The molecular weight excluding hydrogens is 230 g/mol. The van der Waals surface area contributed by atoms with Crippen LogP contribution in [0.1, 0.15) is 5.56 Å². The maximum atomic E-state index is 9.37. The summed E-state index contributed by atoms with van der Waals surface area (Å²) in [6.45, 7) is 0. The Bertz CT molecular complexity index is 446. The molecule has 92 valence electrons. The molecule has 7 N–H and O–H groups in total. The smallest absolute Gasteiger partial charge is 0.232 e. The summed E-state index contributed by atoms with van der Waals surface area (Å²) in [5.41, 5.74) is 7.28. The van der Waals surface area contributed by atoms with Crippen LogP contribution in [0.3, 0.4) is 0 Å². The molecule has 0 atom stereocenters. The Hall–Kier alpha value is -2.36. The van der Waals surface area contributed by atoms with Crippen LogP contribution in [0.4, 0.5) is 0 Å². The van der Waals surface area contributed by atoms with Gasteiger partial charge in [-0.25, -0.2) is 5.43 Å². The minimum absolute atomic E-state index is 0.0828. The lowest BCUT2D eigenvalue weighted by Gasteiger charge is -2.05. The van der Waals surface area contributed by atoms with Gasteiger partial charge in [0.2, 0.25) is 5.96 Å². The average molecular weight is 241 g/mol. The summed E-state index contributed by atoms with van der Waals surface area (Å²) in [7, 11) is 0. The number of phenolic OH excluding ortho intramolecular Hbond substituents is 2. The predicted molar refractivity (Wildman–Crippen MR) is 57.5 cm³/mol. The van der Waals surface area contributed by atoms with Crippen LogP contribution in [0.25, 0.3) is 0 Å². The zero-order valence-electron chi connectivity index (χ0n) is 8.52. The molecule has 17 heavy (non-hydrogen) atoms. The van der Waals surface area contributed by atoms with Gasteiger partial charge in [0, 0.05) is 17.0 Å². The van der Waals surface area contributed by atoms with Gasteiger partial charge >= 0.3 is 0 Å². The fourth-order valence-corrected chi connectivity index (χ4v) is 0.919. The van der Waals surface area contributed by atoms with Gasteiger partial charge in [-0.15, -0.1) is 5.10 Å². The molecule has 0 saturated carbocycles. The number of hydrogen-bond acceptors (Lipinski definition) is 7. The maximum Gasteiger partial charge on any atom is 0.232 e. The van der Waals surface area contributed by atoms with E-state index in [1.54, 1.807) is 0 Å². The second-order valence-corrected chi connectivity index (χ2v) is 2.87. The molecule has 9 heteroatoms. The Morgan fingerprint density at radius 1 is 1.35 bits per heavy atom. The first-order valence-electron chi connectivity index (χ1n) is 4.32. The molecule has 1 rings (SSSR count). The Morgan fingerprint density at radius 2 is 2.06 bits per heavy atom. The first-order valence-corrected chi connectivity index (χ1v) is 4.32. The number of hydrazine groups is 1. The summed E-state index contributed by atoms with van der Waals surface area (Å²) >= 11 is 0. The third-order valence-corrected chi connectivity index (χ3v) is 1.59. The van der Waals surface area contributed by atoms with Crippen molar-refractivity contribution in [2.24, 2.45) is 15.9 Å². The van der Waals surface area contributed by atoms with Crippen molar-refractivity contribution in [3.63, 3.8) is 0 Å². The molecule has 0 fully saturated rings. The van der Waals surface area contributed by atoms with Gasteiger partial charge in [0.05, 0.1) is 6.21 Å². The molecule has 0 heterocycles. The van der Waals surface area contributed by atoms with E-state index >= 15 is 0 Å². The quantitative estimate of drug-likeness (QED) is 0.233. The number of aromatic hydroxyl groups is 2. The minimum Gasteiger partial charge on any atom is -0.508 e. The van der Waals surface area contributed by atoms with Crippen molar-refractivity contribution < 1.29 is 20.6 Å². The second-order valence-electron chi connectivity index (χ2n) is 2.87. The summed E-state index contributed by atoms with van der Waals surface area (Å²) in [6.07, 6.45) is 1.17. The van der Waals surface area contributed by atoms with Crippen LogP contribution >= 0.6 is 0 Å². The van der Waals surface area contributed by atoms with Crippen molar-refractivity contribution in [1.82, 2.24) is 10.8 Å². The summed E-state index contributed by atoms with van der Waals surface area (Å²) < 4.78 is 0.